The molecule has 1 rings (SSSR count). The van der Waals surface area contributed by atoms with Gasteiger partial charge in [0.1, 0.15) is 5.69 Å². The molecule has 15 heteroatoms. The molecule has 0 bridgehead atoms. The summed E-state index contributed by atoms with van der Waals surface area (Å²) < 4.78 is 0. The molecule has 1 aromatic carbocycles. The molecular formula is C15H25N5O10. The molecule has 0 aliphatic carbocycles. The van der Waals surface area contributed by atoms with E-state index in [4.69, 9.17) is 20.4 Å². The summed E-state index contributed by atoms with van der Waals surface area (Å²) in [7, 11) is 0. The molecule has 0 aliphatic heterocycles. The Labute approximate surface area is 170 Å². The highest BCUT2D eigenvalue weighted by molar-refractivity contribution is 5.76. The van der Waals surface area contributed by atoms with Gasteiger partial charge < -0.3 is 37.6 Å². The Morgan fingerprint density at radius 3 is 1.40 bits per heavy atom. The van der Waals surface area contributed by atoms with Crippen molar-refractivity contribution in [2.24, 2.45) is 17.2 Å². The predicted molar refractivity (Wildman–Crippen MR) is 103 cm³/mol. The number of hydrazine groups is 1. The third-order valence-electron chi connectivity index (χ3n) is 2.44. The number of hydrogen-bond donors (Lipinski definition) is 7. The van der Waals surface area contributed by atoms with Gasteiger partial charge in [-0.2, -0.15) is 0 Å². The van der Waals surface area contributed by atoms with Crippen LogP contribution in [0.5, 0.6) is 0 Å². The van der Waals surface area contributed by atoms with E-state index in [0.717, 1.165) is 0 Å². The molecule has 0 amide bonds. The normalized spacial score (nSPS) is 9.60. The molecule has 170 valence electrons. The summed E-state index contributed by atoms with van der Waals surface area (Å²) in [4.78, 5) is 49.1. The molecule has 0 heterocycles. The van der Waals surface area contributed by atoms with Crippen LogP contribution >= 0.6 is 0 Å². The zero-order chi connectivity index (χ0) is 24.3. The van der Waals surface area contributed by atoms with Crippen molar-refractivity contribution in [3.63, 3.8) is 0 Å². The van der Waals surface area contributed by atoms with E-state index < -0.39 is 35.0 Å². The van der Waals surface area contributed by atoms with Crippen molar-refractivity contribution in [2.75, 3.05) is 24.6 Å². The fraction of sp³-hybridized carbons (Fsp3) is 0.333. The Balaban J connectivity index is -0.000000400. The van der Waals surface area contributed by atoms with Crippen LogP contribution in [0.2, 0.25) is 0 Å². The van der Waals surface area contributed by atoms with E-state index in [2.05, 4.69) is 17.2 Å². The van der Waals surface area contributed by atoms with Crippen LogP contribution in [-0.2, 0) is 19.2 Å². The second-order valence-electron chi connectivity index (χ2n) is 4.73. The fourth-order valence-corrected chi connectivity index (χ4v) is 1.14. The third kappa shape index (κ3) is 19.0. The maximum atomic E-state index is 10.7. The average Bonchev–Trinajstić information content (AvgIpc) is 2.69. The van der Waals surface area contributed by atoms with Crippen LogP contribution in [0.3, 0.4) is 0 Å². The standard InChI is InChI=1S/C9H10N2O4.3C2H5NO2/c1-7(9(12)13)10(11(14)15)8-5-3-2-4-6-8;3*3-1-2(4)5/h2-7H,1H3,(H,12,13);3*1,3H2,(H,4,5)/t7-;;;/m0.../s1. The van der Waals surface area contributed by atoms with E-state index in [1.165, 1.54) is 19.1 Å². The lowest BCUT2D eigenvalue weighted by atomic mass is 10.2. The Hall–Kier alpha value is -3.82. The van der Waals surface area contributed by atoms with Gasteiger partial charge in [0.2, 0.25) is 0 Å². The zero-order valence-corrected chi connectivity index (χ0v) is 16.0. The molecule has 0 aromatic heterocycles. The van der Waals surface area contributed by atoms with Gasteiger partial charge in [0.25, 0.3) is 0 Å². The highest BCUT2D eigenvalue weighted by atomic mass is 16.7. The van der Waals surface area contributed by atoms with Crippen molar-refractivity contribution in [3.05, 3.63) is 40.4 Å². The molecule has 0 unspecified atom stereocenters. The van der Waals surface area contributed by atoms with Gasteiger partial charge in [0.05, 0.1) is 19.6 Å². The van der Waals surface area contributed by atoms with Crippen molar-refractivity contribution in [3.8, 4) is 0 Å². The largest absolute Gasteiger partial charge is 0.480 e. The van der Waals surface area contributed by atoms with Crippen molar-refractivity contribution in [1.29, 1.82) is 0 Å². The van der Waals surface area contributed by atoms with Gasteiger partial charge >= 0.3 is 23.9 Å². The number of hydrogen-bond acceptors (Lipinski definition) is 9. The third-order valence-corrected chi connectivity index (χ3v) is 2.44. The first-order valence-corrected chi connectivity index (χ1v) is 7.82. The van der Waals surface area contributed by atoms with Gasteiger partial charge in [-0.15, -0.1) is 0 Å². The van der Waals surface area contributed by atoms with E-state index in [-0.39, 0.29) is 25.3 Å². The van der Waals surface area contributed by atoms with E-state index in [1.54, 1.807) is 18.2 Å². The van der Waals surface area contributed by atoms with Gasteiger partial charge in [-0.05, 0) is 19.1 Å². The van der Waals surface area contributed by atoms with E-state index in [9.17, 15) is 29.3 Å². The molecular weight excluding hydrogens is 410 g/mol. The molecule has 0 radical (unpaired) electrons. The van der Waals surface area contributed by atoms with E-state index >= 15 is 0 Å². The monoisotopic (exact) mass is 435 g/mol. The van der Waals surface area contributed by atoms with Crippen LogP contribution < -0.4 is 22.2 Å². The number of aliphatic carboxylic acids is 4. The van der Waals surface area contributed by atoms with Crippen molar-refractivity contribution in [2.45, 2.75) is 13.0 Å². The lowest BCUT2D eigenvalue weighted by molar-refractivity contribution is -0.498. The summed E-state index contributed by atoms with van der Waals surface area (Å²) in [6.07, 6.45) is 0. The summed E-state index contributed by atoms with van der Waals surface area (Å²) in [5, 5.41) is 42.1. The Kier molecular flexibility index (Phi) is 19.1. The Bertz CT molecular complexity index is 638. The predicted octanol–water partition coefficient (Wildman–Crippen LogP) is -1.75. The fourth-order valence-electron chi connectivity index (χ4n) is 1.14. The number of nitro groups is 1. The number of carboxylic acids is 4. The number of anilines is 1. The molecule has 0 fully saturated rings. The van der Waals surface area contributed by atoms with E-state index in [0.29, 0.717) is 5.01 Å². The first-order valence-electron chi connectivity index (χ1n) is 7.82. The minimum atomic E-state index is -1.24. The maximum Gasteiger partial charge on any atom is 0.332 e. The quantitative estimate of drug-likeness (QED) is 0.185. The minimum absolute atomic E-state index is 0.248. The van der Waals surface area contributed by atoms with E-state index in [1.807, 2.05) is 0 Å². The summed E-state index contributed by atoms with van der Waals surface area (Å²) in [5.74, 6) is -4.14. The molecule has 15 nitrogen and oxygen atoms in total. The summed E-state index contributed by atoms with van der Waals surface area (Å²) >= 11 is 0. The summed E-state index contributed by atoms with van der Waals surface area (Å²) in [6.45, 7) is 0.429. The average molecular weight is 435 g/mol. The number of carboxylic acid groups (broad SMARTS) is 4. The second-order valence-corrected chi connectivity index (χ2v) is 4.73. The van der Waals surface area contributed by atoms with Gasteiger partial charge in [0.15, 0.2) is 11.1 Å². The first kappa shape index (κ1) is 30.9. The highest BCUT2D eigenvalue weighted by Crippen LogP contribution is 2.16. The molecule has 0 spiro atoms. The topological polar surface area (TPSA) is 274 Å². The maximum absolute atomic E-state index is 10.7. The molecule has 10 N–H and O–H groups in total. The van der Waals surface area contributed by atoms with Crippen LogP contribution in [-0.4, -0.2) is 75.0 Å². The van der Waals surface area contributed by atoms with Crippen molar-refractivity contribution in [1.82, 2.24) is 0 Å². The number of carbonyl (C=O) groups is 4. The van der Waals surface area contributed by atoms with Crippen LogP contribution in [0.4, 0.5) is 5.69 Å². The zero-order valence-electron chi connectivity index (χ0n) is 16.0. The van der Waals surface area contributed by atoms with Gasteiger partial charge in [0, 0.05) is 0 Å². The molecule has 1 atom stereocenters. The smallest absolute Gasteiger partial charge is 0.332 e. The number of nitrogens with zero attached hydrogens (tertiary/aromatic N) is 2. The van der Waals surface area contributed by atoms with Crippen molar-refractivity contribution < 1.29 is 44.6 Å². The number of benzene rings is 1. The van der Waals surface area contributed by atoms with Crippen LogP contribution in [0.1, 0.15) is 6.92 Å². The molecule has 1 aromatic rings. The van der Waals surface area contributed by atoms with Gasteiger partial charge in [-0.1, -0.05) is 23.2 Å². The summed E-state index contributed by atoms with van der Waals surface area (Å²) in [6, 6.07) is 6.70. The molecule has 0 saturated carbocycles. The van der Waals surface area contributed by atoms with Crippen molar-refractivity contribution >= 4 is 29.6 Å². The van der Waals surface area contributed by atoms with Crippen LogP contribution in [0.15, 0.2) is 30.3 Å². The Morgan fingerprint density at radius 2 is 1.20 bits per heavy atom. The lowest BCUT2D eigenvalue weighted by Crippen LogP contribution is -2.43. The Morgan fingerprint density at radius 1 is 0.900 bits per heavy atom. The lowest BCUT2D eigenvalue weighted by Gasteiger charge is -2.17. The van der Waals surface area contributed by atoms with Crippen LogP contribution in [0, 0.1) is 10.1 Å². The summed E-state index contributed by atoms with van der Waals surface area (Å²) in [5.41, 5.74) is 14.0. The number of nitrogens with two attached hydrogens (primary N) is 3. The van der Waals surface area contributed by atoms with Gasteiger partial charge in [-0.25, -0.2) is 14.9 Å². The number of rotatable bonds is 7. The second kappa shape index (κ2) is 18.5. The molecule has 0 aliphatic rings. The number of para-hydroxylation sites is 1. The molecule has 30 heavy (non-hydrogen) atoms. The first-order chi connectivity index (χ1) is 13.8. The van der Waals surface area contributed by atoms with Crippen LogP contribution in [0.25, 0.3) is 0 Å². The SMILES string of the molecule is C[C@@H](C(=O)O)N(c1ccccc1)[N+](=O)[O-].NCC(=O)O.NCC(=O)O.NCC(=O)O. The van der Waals surface area contributed by atoms with Gasteiger partial charge in [-0.3, -0.25) is 14.4 Å². The minimum Gasteiger partial charge on any atom is -0.480 e. The highest BCUT2D eigenvalue weighted by Gasteiger charge is 2.30. The molecule has 0 saturated heterocycles.